The SMILES string of the molecule is CCC(C)(N)O.O=C(O)[C@@H]1CCCN1. The van der Waals surface area contributed by atoms with Crippen LogP contribution in [0.3, 0.4) is 0 Å². The van der Waals surface area contributed by atoms with Gasteiger partial charge in [0.25, 0.3) is 0 Å². The molecule has 5 N–H and O–H groups in total. The van der Waals surface area contributed by atoms with Crippen LogP contribution in [0.5, 0.6) is 0 Å². The highest BCUT2D eigenvalue weighted by atomic mass is 16.4. The zero-order valence-electron chi connectivity index (χ0n) is 8.79. The third-order valence-electron chi connectivity index (χ3n) is 2.07. The lowest BCUT2D eigenvalue weighted by Crippen LogP contribution is -2.34. The number of nitrogens with two attached hydrogens (primary N) is 1. The highest BCUT2D eigenvalue weighted by Gasteiger charge is 2.20. The van der Waals surface area contributed by atoms with Crippen LogP contribution >= 0.6 is 0 Å². The molecule has 1 saturated heterocycles. The van der Waals surface area contributed by atoms with Crippen LogP contribution in [0, 0.1) is 0 Å². The molecule has 0 radical (unpaired) electrons. The van der Waals surface area contributed by atoms with E-state index >= 15 is 0 Å². The molecule has 0 aromatic carbocycles. The molecule has 2 atom stereocenters. The molecule has 1 rings (SSSR count). The molecule has 5 heteroatoms. The third kappa shape index (κ3) is 6.82. The van der Waals surface area contributed by atoms with Crippen molar-refractivity contribution in [3.05, 3.63) is 0 Å². The molecule has 0 spiro atoms. The number of aliphatic carboxylic acids is 1. The third-order valence-corrected chi connectivity index (χ3v) is 2.07. The van der Waals surface area contributed by atoms with Crippen molar-refractivity contribution in [2.75, 3.05) is 6.54 Å². The van der Waals surface area contributed by atoms with Crippen molar-refractivity contribution in [2.45, 2.75) is 44.9 Å². The second kappa shape index (κ2) is 5.95. The van der Waals surface area contributed by atoms with E-state index in [0.717, 1.165) is 19.4 Å². The van der Waals surface area contributed by atoms with Crippen LogP contribution in [-0.2, 0) is 4.79 Å². The number of carboxylic acid groups (broad SMARTS) is 1. The lowest BCUT2D eigenvalue weighted by molar-refractivity contribution is -0.139. The van der Waals surface area contributed by atoms with E-state index in [1.54, 1.807) is 6.92 Å². The van der Waals surface area contributed by atoms with Gasteiger partial charge >= 0.3 is 5.97 Å². The second-order valence-corrected chi connectivity index (χ2v) is 3.70. The number of aliphatic hydroxyl groups is 1. The van der Waals surface area contributed by atoms with Gasteiger partial charge in [-0.25, -0.2) is 0 Å². The molecule has 5 nitrogen and oxygen atoms in total. The van der Waals surface area contributed by atoms with Gasteiger partial charge in [-0.2, -0.15) is 0 Å². The van der Waals surface area contributed by atoms with Crippen LogP contribution in [0.2, 0.25) is 0 Å². The Hall–Kier alpha value is -0.650. The summed E-state index contributed by atoms with van der Waals surface area (Å²) in [6.07, 6.45) is 2.39. The zero-order valence-corrected chi connectivity index (χ0v) is 8.79. The first-order valence-electron chi connectivity index (χ1n) is 4.84. The molecule has 0 bridgehead atoms. The van der Waals surface area contributed by atoms with Gasteiger partial charge in [0.1, 0.15) is 11.8 Å². The van der Waals surface area contributed by atoms with Crippen molar-refractivity contribution in [1.82, 2.24) is 5.32 Å². The molecule has 1 fully saturated rings. The monoisotopic (exact) mass is 204 g/mol. The lowest BCUT2D eigenvalue weighted by atomic mass is 10.2. The maximum Gasteiger partial charge on any atom is 0.320 e. The molecule has 84 valence electrons. The summed E-state index contributed by atoms with van der Waals surface area (Å²) >= 11 is 0. The first kappa shape index (κ1) is 13.4. The van der Waals surface area contributed by atoms with Crippen LogP contribution in [0.25, 0.3) is 0 Å². The van der Waals surface area contributed by atoms with Crippen LogP contribution in [-0.4, -0.2) is 34.5 Å². The molecule has 0 saturated carbocycles. The number of hydrogen-bond donors (Lipinski definition) is 4. The maximum atomic E-state index is 10.1. The molecule has 0 amide bonds. The van der Waals surface area contributed by atoms with E-state index in [4.69, 9.17) is 15.9 Å². The maximum absolute atomic E-state index is 10.1. The predicted octanol–water partition coefficient (Wildman–Crippen LogP) is -0.113. The first-order chi connectivity index (χ1) is 6.37. The minimum atomic E-state index is -0.958. The number of nitrogens with one attached hydrogen (secondary N) is 1. The van der Waals surface area contributed by atoms with E-state index in [9.17, 15) is 4.79 Å². The number of hydrogen-bond acceptors (Lipinski definition) is 4. The fraction of sp³-hybridized carbons (Fsp3) is 0.889. The molecule has 0 aromatic rings. The largest absolute Gasteiger partial charge is 0.480 e. The van der Waals surface area contributed by atoms with Gasteiger partial charge in [0, 0.05) is 0 Å². The van der Waals surface area contributed by atoms with Gasteiger partial charge in [-0.3, -0.25) is 4.79 Å². The minimum Gasteiger partial charge on any atom is -0.480 e. The fourth-order valence-corrected chi connectivity index (χ4v) is 0.895. The van der Waals surface area contributed by atoms with Gasteiger partial charge in [0.2, 0.25) is 0 Å². The lowest BCUT2D eigenvalue weighted by Gasteiger charge is -2.11. The van der Waals surface area contributed by atoms with Gasteiger partial charge in [-0.05, 0) is 32.7 Å². The zero-order chi connectivity index (χ0) is 11.2. The fourth-order valence-electron chi connectivity index (χ4n) is 0.895. The Morgan fingerprint density at radius 2 is 2.21 bits per heavy atom. The normalized spacial score (nSPS) is 24.7. The first-order valence-corrected chi connectivity index (χ1v) is 4.84. The van der Waals surface area contributed by atoms with Crippen molar-refractivity contribution in [2.24, 2.45) is 5.73 Å². The quantitative estimate of drug-likeness (QED) is 0.471. The van der Waals surface area contributed by atoms with Crippen molar-refractivity contribution < 1.29 is 15.0 Å². The van der Waals surface area contributed by atoms with Gasteiger partial charge < -0.3 is 21.3 Å². The number of carbonyl (C=O) groups is 1. The van der Waals surface area contributed by atoms with Gasteiger partial charge in [-0.1, -0.05) is 6.92 Å². The highest BCUT2D eigenvalue weighted by molar-refractivity contribution is 5.73. The van der Waals surface area contributed by atoms with Crippen molar-refractivity contribution in [3.8, 4) is 0 Å². The molecule has 1 aliphatic heterocycles. The summed E-state index contributed by atoms with van der Waals surface area (Å²) in [5.74, 6) is -0.720. The second-order valence-electron chi connectivity index (χ2n) is 3.70. The molecule has 1 aliphatic rings. The summed E-state index contributed by atoms with van der Waals surface area (Å²) < 4.78 is 0. The Morgan fingerprint density at radius 1 is 1.71 bits per heavy atom. The standard InChI is InChI=1S/C5H9NO2.C4H11NO/c7-5(8)4-2-1-3-6-4;1-3-4(2,5)6/h4,6H,1-3H2,(H,7,8);6H,3,5H2,1-2H3/t4-;/m0./s1. The summed E-state index contributed by atoms with van der Waals surface area (Å²) in [5.41, 5.74) is 4.13. The van der Waals surface area contributed by atoms with Gasteiger partial charge in [-0.15, -0.1) is 0 Å². The van der Waals surface area contributed by atoms with Gasteiger partial charge in [0.05, 0.1) is 0 Å². The van der Waals surface area contributed by atoms with E-state index in [0.29, 0.717) is 6.42 Å². The molecule has 0 aromatic heterocycles. The predicted molar refractivity (Wildman–Crippen MR) is 53.8 cm³/mol. The average Bonchev–Trinajstić information content (AvgIpc) is 2.56. The Balaban J connectivity index is 0.000000255. The van der Waals surface area contributed by atoms with E-state index < -0.39 is 11.7 Å². The summed E-state index contributed by atoms with van der Waals surface area (Å²) in [6, 6.07) is -0.269. The van der Waals surface area contributed by atoms with Gasteiger partial charge in [0.15, 0.2) is 0 Å². The minimum absolute atomic E-state index is 0.269. The summed E-state index contributed by atoms with van der Waals surface area (Å²) in [4.78, 5) is 10.1. The topological polar surface area (TPSA) is 95.6 Å². The van der Waals surface area contributed by atoms with Crippen LogP contribution < -0.4 is 11.1 Å². The van der Waals surface area contributed by atoms with Crippen LogP contribution in [0.1, 0.15) is 33.1 Å². The average molecular weight is 204 g/mol. The molecular weight excluding hydrogens is 184 g/mol. The highest BCUT2D eigenvalue weighted by Crippen LogP contribution is 2.03. The van der Waals surface area contributed by atoms with E-state index in [1.807, 2.05) is 6.92 Å². The Labute approximate surface area is 84.3 Å². The van der Waals surface area contributed by atoms with Crippen LogP contribution in [0.4, 0.5) is 0 Å². The van der Waals surface area contributed by atoms with E-state index in [-0.39, 0.29) is 6.04 Å². The number of rotatable bonds is 2. The molecule has 14 heavy (non-hydrogen) atoms. The van der Waals surface area contributed by atoms with Crippen molar-refractivity contribution in [3.63, 3.8) is 0 Å². The smallest absolute Gasteiger partial charge is 0.320 e. The Bertz CT molecular complexity index is 171. The summed E-state index contributed by atoms with van der Waals surface area (Å²) in [6.45, 7) is 4.27. The molecule has 1 unspecified atom stereocenters. The Kier molecular flexibility index (Phi) is 5.68. The summed E-state index contributed by atoms with van der Waals surface area (Å²) in [7, 11) is 0. The van der Waals surface area contributed by atoms with Crippen molar-refractivity contribution >= 4 is 5.97 Å². The number of carboxylic acids is 1. The molecule has 1 heterocycles. The summed E-state index contributed by atoms with van der Waals surface area (Å²) in [5, 5.41) is 19.8. The van der Waals surface area contributed by atoms with E-state index in [1.165, 1.54) is 0 Å². The molecule has 0 aliphatic carbocycles. The Morgan fingerprint density at radius 3 is 2.36 bits per heavy atom. The van der Waals surface area contributed by atoms with Crippen molar-refractivity contribution in [1.29, 1.82) is 0 Å². The molecular formula is C9H20N2O3. The van der Waals surface area contributed by atoms with Crippen LogP contribution in [0.15, 0.2) is 0 Å². The van der Waals surface area contributed by atoms with E-state index in [2.05, 4.69) is 5.32 Å².